The van der Waals surface area contributed by atoms with E-state index in [1.807, 2.05) is 0 Å². The Morgan fingerprint density at radius 2 is 2.04 bits per heavy atom. The third kappa shape index (κ3) is 3.94. The fourth-order valence-electron chi connectivity index (χ4n) is 2.41. The lowest BCUT2D eigenvalue weighted by Gasteiger charge is -2.05. The number of rotatable bonds is 4. The Labute approximate surface area is 167 Å². The van der Waals surface area contributed by atoms with Crippen molar-refractivity contribution in [3.63, 3.8) is 0 Å². The van der Waals surface area contributed by atoms with Crippen molar-refractivity contribution >= 4 is 59.7 Å². The van der Waals surface area contributed by atoms with E-state index >= 15 is 0 Å². The van der Waals surface area contributed by atoms with Gasteiger partial charge in [0.15, 0.2) is 5.78 Å². The van der Waals surface area contributed by atoms with E-state index in [1.165, 1.54) is 12.2 Å². The van der Waals surface area contributed by atoms with Crippen LogP contribution in [0.3, 0.4) is 0 Å². The molecule has 1 aliphatic rings. The van der Waals surface area contributed by atoms with Crippen molar-refractivity contribution < 1.29 is 13.2 Å². The van der Waals surface area contributed by atoms with E-state index < -0.39 is 15.4 Å². The highest BCUT2D eigenvalue weighted by Gasteiger charge is 2.23. The number of anilines is 1. The molecule has 11 heteroatoms. The molecule has 0 bridgehead atoms. The third-order valence-corrected chi connectivity index (χ3v) is 7.61. The number of aromatic nitrogens is 3. The first-order valence-electron chi connectivity index (χ1n) is 7.82. The molecule has 3 rings (SSSR count). The number of carbonyl (C=O) groups is 1. The van der Waals surface area contributed by atoms with Gasteiger partial charge in [0.05, 0.1) is 15.8 Å². The summed E-state index contributed by atoms with van der Waals surface area (Å²) in [6.45, 7) is 3.58. The van der Waals surface area contributed by atoms with Crippen LogP contribution in [0.25, 0.3) is 11.0 Å². The van der Waals surface area contributed by atoms with Gasteiger partial charge in [-0.05, 0) is 45.6 Å². The average molecular weight is 471 g/mol. The van der Waals surface area contributed by atoms with Gasteiger partial charge in [-0.25, -0.2) is 8.42 Å². The smallest absolute Gasteiger partial charge is 0.283 e. The molecule has 0 aliphatic heterocycles. The van der Waals surface area contributed by atoms with Crippen LogP contribution >= 0.6 is 27.3 Å². The van der Waals surface area contributed by atoms with Gasteiger partial charge in [-0.1, -0.05) is 31.3 Å². The minimum absolute atomic E-state index is 0.0189. The maximum atomic E-state index is 12.4. The van der Waals surface area contributed by atoms with Gasteiger partial charge in [0.1, 0.15) is 5.82 Å². The number of halogens is 1. The zero-order valence-electron chi connectivity index (χ0n) is 14.3. The lowest BCUT2D eigenvalue weighted by atomic mass is 10.1. The summed E-state index contributed by atoms with van der Waals surface area (Å²) in [6.07, 6.45) is 5.92. The molecule has 0 fully saturated rings. The van der Waals surface area contributed by atoms with Crippen LogP contribution in [0.4, 0.5) is 5.82 Å². The summed E-state index contributed by atoms with van der Waals surface area (Å²) >= 11 is 3.94. The monoisotopic (exact) mass is 470 g/mol. The van der Waals surface area contributed by atoms with Crippen LogP contribution < -0.4 is 11.3 Å². The maximum Gasteiger partial charge on any atom is 0.283 e. The third-order valence-electron chi connectivity index (χ3n) is 3.56. The number of hydrogen-bond donors (Lipinski definition) is 1. The quantitative estimate of drug-likeness (QED) is 0.723. The number of nitrogens with two attached hydrogens (primary N) is 1. The molecule has 2 aromatic rings. The number of nitrogens with zero attached hydrogens (tertiary/aromatic N) is 3. The summed E-state index contributed by atoms with van der Waals surface area (Å²) in [5, 5.41) is 4.05. The Morgan fingerprint density at radius 1 is 1.33 bits per heavy atom. The van der Waals surface area contributed by atoms with Crippen molar-refractivity contribution in [3.8, 4) is 0 Å². The molecule has 0 atom stereocenters. The predicted octanol–water partition coefficient (Wildman–Crippen LogP) is 1.96. The molecular formula is C16H15BrN4O4S2. The molecule has 0 amide bonds. The molecule has 27 heavy (non-hydrogen) atoms. The lowest BCUT2D eigenvalue weighted by Crippen LogP contribution is -2.17. The van der Waals surface area contributed by atoms with E-state index in [-0.39, 0.29) is 38.1 Å². The van der Waals surface area contributed by atoms with Gasteiger partial charge >= 0.3 is 0 Å². The Hall–Kier alpha value is -2.11. The van der Waals surface area contributed by atoms with E-state index in [2.05, 4.69) is 26.0 Å². The summed E-state index contributed by atoms with van der Waals surface area (Å²) in [5.41, 5.74) is 6.09. The summed E-state index contributed by atoms with van der Waals surface area (Å²) in [4.78, 5) is 27.8. The minimum Gasteiger partial charge on any atom is -0.383 e. The number of carbonyl (C=O) groups excluding carboxylic acids is 1. The van der Waals surface area contributed by atoms with Crippen molar-refractivity contribution in [2.24, 2.45) is 5.92 Å². The topological polar surface area (TPSA) is 124 Å². The van der Waals surface area contributed by atoms with Gasteiger partial charge in [0, 0.05) is 0 Å². The van der Waals surface area contributed by atoms with Crippen molar-refractivity contribution in [1.29, 1.82) is 0 Å². The molecule has 2 heterocycles. The summed E-state index contributed by atoms with van der Waals surface area (Å²) in [6, 6.07) is 0. The number of fused-ring (bicyclic) bond motifs is 1. The molecular weight excluding hydrogens is 456 g/mol. The van der Waals surface area contributed by atoms with Crippen molar-refractivity contribution in [2.75, 3.05) is 11.5 Å². The van der Waals surface area contributed by atoms with Crippen LogP contribution in [0.5, 0.6) is 0 Å². The van der Waals surface area contributed by atoms with Crippen LogP contribution in [-0.2, 0) is 14.6 Å². The number of hydrogen-bond acceptors (Lipinski definition) is 8. The summed E-state index contributed by atoms with van der Waals surface area (Å²) in [5.74, 6) is -0.343. The molecule has 142 valence electrons. The normalized spacial score (nSPS) is 16.5. The molecule has 1 aliphatic carbocycles. The number of nitrogen functional groups attached to an aromatic ring is 1. The minimum atomic E-state index is -3.60. The van der Waals surface area contributed by atoms with Gasteiger partial charge in [-0.3, -0.25) is 9.59 Å². The molecule has 8 nitrogen and oxygen atoms in total. The average Bonchev–Trinajstić information content (AvgIpc) is 2.98. The second-order valence-corrected chi connectivity index (χ2v) is 10.3. The van der Waals surface area contributed by atoms with Crippen LogP contribution in [0.15, 0.2) is 37.4 Å². The number of sulfone groups is 1. The van der Waals surface area contributed by atoms with Crippen LogP contribution in [-0.4, -0.2) is 34.6 Å². The zero-order chi connectivity index (χ0) is 19.9. The van der Waals surface area contributed by atoms with Crippen LogP contribution in [0, 0.1) is 5.92 Å². The van der Waals surface area contributed by atoms with Crippen LogP contribution in [0.1, 0.15) is 19.4 Å². The Balaban J connectivity index is 2.14. The first-order valence-corrected chi connectivity index (χ1v) is 11.1. The van der Waals surface area contributed by atoms with E-state index in [0.717, 1.165) is 15.9 Å². The van der Waals surface area contributed by atoms with Gasteiger partial charge < -0.3 is 5.73 Å². The Morgan fingerprint density at radius 3 is 2.67 bits per heavy atom. The van der Waals surface area contributed by atoms with Gasteiger partial charge in [0.25, 0.3) is 5.56 Å². The van der Waals surface area contributed by atoms with Gasteiger partial charge in [0.2, 0.25) is 19.1 Å². The van der Waals surface area contributed by atoms with E-state index in [1.54, 1.807) is 26.0 Å². The molecule has 2 N–H and O–H groups in total. The highest BCUT2D eigenvalue weighted by Crippen LogP contribution is 2.25. The molecule has 0 unspecified atom stereocenters. The molecule has 0 spiro atoms. The molecule has 2 aromatic heterocycles. The molecule has 0 saturated carbocycles. The highest BCUT2D eigenvalue weighted by molar-refractivity contribution is 9.12. The standard InChI is InChI=1S/C16H15BrN4O4S2/c1-8(2)7-27(24,25)16-20-21-13(18)10(14(23)19-15(21)26-16)5-9-3-4-12(22)11(17)6-9/h3-6,8H,7,18H2,1-2H3/b9-5-. The molecule has 0 radical (unpaired) electrons. The summed E-state index contributed by atoms with van der Waals surface area (Å²) < 4.78 is 26.2. The SMILES string of the molecule is CC(C)CS(=O)(=O)c1nn2c(N)c(/C=C3/C=CC(=O)C(Br)=C3)c(=O)nc2s1. The Kier molecular flexibility index (Phi) is 5.19. The molecule has 0 saturated heterocycles. The van der Waals surface area contributed by atoms with Crippen LogP contribution in [0.2, 0.25) is 0 Å². The van der Waals surface area contributed by atoms with E-state index in [9.17, 15) is 18.0 Å². The highest BCUT2D eigenvalue weighted by atomic mass is 79.9. The van der Waals surface area contributed by atoms with Gasteiger partial charge in [-0.2, -0.15) is 9.50 Å². The first-order chi connectivity index (χ1) is 12.6. The molecule has 0 aromatic carbocycles. The van der Waals surface area contributed by atoms with Gasteiger partial charge in [-0.15, -0.1) is 5.10 Å². The van der Waals surface area contributed by atoms with E-state index in [4.69, 9.17) is 5.73 Å². The fourth-order valence-corrected chi connectivity index (χ4v) is 5.60. The second kappa shape index (κ2) is 7.13. The Bertz CT molecular complexity index is 1200. The number of ketones is 1. The fraction of sp³-hybridized carbons (Fsp3) is 0.250. The second-order valence-electron chi connectivity index (χ2n) is 6.29. The number of allylic oxidation sites excluding steroid dienone is 5. The van der Waals surface area contributed by atoms with Crippen molar-refractivity contribution in [2.45, 2.75) is 18.2 Å². The predicted molar refractivity (Wildman–Crippen MR) is 108 cm³/mol. The lowest BCUT2D eigenvalue weighted by molar-refractivity contribution is -0.110. The van der Waals surface area contributed by atoms with Crippen molar-refractivity contribution in [1.82, 2.24) is 14.6 Å². The van der Waals surface area contributed by atoms with E-state index in [0.29, 0.717) is 10.1 Å². The first kappa shape index (κ1) is 19.6. The zero-order valence-corrected chi connectivity index (χ0v) is 17.6. The largest absolute Gasteiger partial charge is 0.383 e. The summed E-state index contributed by atoms with van der Waals surface area (Å²) in [7, 11) is -3.60. The van der Waals surface area contributed by atoms with Crippen molar-refractivity contribution in [3.05, 3.63) is 44.2 Å². The maximum absolute atomic E-state index is 12.4.